The highest BCUT2D eigenvalue weighted by Crippen LogP contribution is 2.31. The van der Waals surface area contributed by atoms with Gasteiger partial charge in [0, 0.05) is 41.2 Å². The molecule has 0 amide bonds. The smallest absolute Gasteiger partial charge is 0.192 e. The molecular weight excluding hydrogens is 348 g/mol. The number of nitrogens with two attached hydrogens (primary N) is 1. The first-order chi connectivity index (χ1) is 12.3. The van der Waals surface area contributed by atoms with Gasteiger partial charge in [-0.25, -0.2) is 4.98 Å². The molecule has 4 heterocycles. The fourth-order valence-corrected chi connectivity index (χ4v) is 4.51. The van der Waals surface area contributed by atoms with Gasteiger partial charge in [-0.3, -0.25) is 9.20 Å². The Hall–Kier alpha value is -2.41. The second-order valence-corrected chi connectivity index (χ2v) is 9.27. The van der Waals surface area contributed by atoms with E-state index in [4.69, 9.17) is 10.2 Å². The summed E-state index contributed by atoms with van der Waals surface area (Å²) in [6, 6.07) is 5.96. The molecule has 26 heavy (non-hydrogen) atoms. The molecule has 0 bridgehead atoms. The van der Waals surface area contributed by atoms with Crippen LogP contribution in [-0.4, -0.2) is 29.9 Å². The molecule has 0 spiro atoms. The molecule has 1 aliphatic heterocycles. The molecule has 0 aromatic carbocycles. The predicted molar refractivity (Wildman–Crippen MR) is 104 cm³/mol. The standard InChI is InChI=1S/C19H22N4O2S/c1-11-17(25-12(2)21-11)14-8-15-7-13(5-6-23(15)9-14)16-10-26(24)19(3,4)18(20)22-16/h5-9,16H,10H2,1-4H3,(H2,20,22). The second-order valence-electron chi connectivity index (χ2n) is 7.22. The van der Waals surface area contributed by atoms with Crippen molar-refractivity contribution in [1.29, 1.82) is 0 Å². The van der Waals surface area contributed by atoms with Crippen LogP contribution in [0.15, 0.2) is 40.0 Å². The molecule has 1 aliphatic rings. The van der Waals surface area contributed by atoms with Crippen molar-refractivity contribution in [2.24, 2.45) is 10.7 Å². The number of nitrogens with zero attached hydrogens (tertiary/aromatic N) is 3. The Morgan fingerprint density at radius 2 is 2.12 bits per heavy atom. The number of oxazole rings is 1. The maximum Gasteiger partial charge on any atom is 0.192 e. The third-order valence-corrected chi connectivity index (χ3v) is 6.93. The summed E-state index contributed by atoms with van der Waals surface area (Å²) in [4.78, 5) is 8.95. The summed E-state index contributed by atoms with van der Waals surface area (Å²) in [5.74, 6) is 2.38. The van der Waals surface area contributed by atoms with Crippen LogP contribution < -0.4 is 5.73 Å². The van der Waals surface area contributed by atoms with Crippen LogP contribution in [0.25, 0.3) is 16.8 Å². The van der Waals surface area contributed by atoms with Gasteiger partial charge in [-0.15, -0.1) is 0 Å². The van der Waals surface area contributed by atoms with E-state index in [1.165, 1.54) is 0 Å². The predicted octanol–water partition coefficient (Wildman–Crippen LogP) is 3.15. The second kappa shape index (κ2) is 5.81. The average Bonchev–Trinajstić information content (AvgIpc) is 3.14. The number of aryl methyl sites for hydroxylation is 2. The van der Waals surface area contributed by atoms with E-state index in [0.717, 1.165) is 28.1 Å². The lowest BCUT2D eigenvalue weighted by molar-refractivity contribution is 0.534. The Labute approximate surface area is 154 Å². The molecule has 0 aliphatic carbocycles. The largest absolute Gasteiger partial charge is 0.441 e. The third kappa shape index (κ3) is 2.67. The SMILES string of the molecule is Cc1nc(C)c(-c2cc3cc(C4CS(=O)C(C)(C)C(N)=N4)ccn3c2)o1. The summed E-state index contributed by atoms with van der Waals surface area (Å²) in [7, 11) is -1.06. The maximum atomic E-state index is 12.5. The molecule has 136 valence electrons. The summed E-state index contributed by atoms with van der Waals surface area (Å²) in [5, 5.41) is 0. The van der Waals surface area contributed by atoms with Gasteiger partial charge in [-0.2, -0.15) is 0 Å². The van der Waals surface area contributed by atoms with Crippen LogP contribution in [0.5, 0.6) is 0 Å². The van der Waals surface area contributed by atoms with Gasteiger partial charge in [0.15, 0.2) is 11.7 Å². The van der Waals surface area contributed by atoms with Gasteiger partial charge in [0.1, 0.15) is 5.84 Å². The first kappa shape index (κ1) is 17.0. The van der Waals surface area contributed by atoms with Crippen LogP contribution in [0.2, 0.25) is 0 Å². The van der Waals surface area contributed by atoms with Crippen LogP contribution in [0.3, 0.4) is 0 Å². The molecule has 0 saturated carbocycles. The lowest BCUT2D eigenvalue weighted by Gasteiger charge is -2.31. The number of hydrogen-bond acceptors (Lipinski definition) is 5. The van der Waals surface area contributed by atoms with E-state index in [-0.39, 0.29) is 6.04 Å². The Morgan fingerprint density at radius 1 is 1.35 bits per heavy atom. The molecule has 6 nitrogen and oxygen atoms in total. The van der Waals surface area contributed by atoms with Crippen LogP contribution in [0, 0.1) is 13.8 Å². The fraction of sp³-hybridized carbons (Fsp3) is 0.368. The summed E-state index contributed by atoms with van der Waals surface area (Å²) < 4.78 is 19.7. The monoisotopic (exact) mass is 370 g/mol. The third-order valence-electron chi connectivity index (χ3n) is 4.96. The first-order valence-corrected chi connectivity index (χ1v) is 9.86. The van der Waals surface area contributed by atoms with Crippen molar-refractivity contribution in [3.8, 4) is 11.3 Å². The normalized spacial score (nSPS) is 22.5. The summed E-state index contributed by atoms with van der Waals surface area (Å²) in [6.45, 7) is 7.54. The Morgan fingerprint density at radius 3 is 2.77 bits per heavy atom. The highest BCUT2D eigenvalue weighted by atomic mass is 32.2. The van der Waals surface area contributed by atoms with E-state index in [0.29, 0.717) is 17.5 Å². The molecule has 3 aromatic heterocycles. The fourth-order valence-electron chi connectivity index (χ4n) is 3.26. The molecule has 3 aromatic rings. The Balaban J connectivity index is 1.74. The van der Waals surface area contributed by atoms with Crippen molar-refractivity contribution in [3.05, 3.63) is 47.7 Å². The Bertz CT molecular complexity index is 1060. The molecule has 4 rings (SSSR count). The van der Waals surface area contributed by atoms with Crippen molar-refractivity contribution in [3.63, 3.8) is 0 Å². The molecule has 2 N–H and O–H groups in total. The lowest BCUT2D eigenvalue weighted by Crippen LogP contribution is -2.47. The minimum atomic E-state index is -1.06. The molecule has 0 fully saturated rings. The zero-order valence-electron chi connectivity index (χ0n) is 15.3. The number of fused-ring (bicyclic) bond motifs is 1. The van der Waals surface area contributed by atoms with Gasteiger partial charge in [0.25, 0.3) is 0 Å². The van der Waals surface area contributed by atoms with E-state index in [2.05, 4.69) is 22.1 Å². The zero-order valence-corrected chi connectivity index (χ0v) is 16.1. The van der Waals surface area contributed by atoms with Crippen LogP contribution in [0.1, 0.15) is 37.0 Å². The van der Waals surface area contributed by atoms with Crippen LogP contribution in [0.4, 0.5) is 0 Å². The van der Waals surface area contributed by atoms with Crippen LogP contribution in [-0.2, 0) is 10.8 Å². The zero-order chi connectivity index (χ0) is 18.6. The molecule has 0 saturated heterocycles. The van der Waals surface area contributed by atoms with E-state index in [9.17, 15) is 4.21 Å². The summed E-state index contributed by atoms with van der Waals surface area (Å²) >= 11 is 0. The van der Waals surface area contributed by atoms with Gasteiger partial charge < -0.3 is 14.6 Å². The lowest BCUT2D eigenvalue weighted by atomic mass is 10.1. The highest BCUT2D eigenvalue weighted by Gasteiger charge is 2.37. The van der Waals surface area contributed by atoms with E-state index in [1.54, 1.807) is 0 Å². The van der Waals surface area contributed by atoms with E-state index < -0.39 is 15.5 Å². The van der Waals surface area contributed by atoms with Gasteiger partial charge >= 0.3 is 0 Å². The number of rotatable bonds is 2. The summed E-state index contributed by atoms with van der Waals surface area (Å²) in [5.41, 5.74) is 9.97. The van der Waals surface area contributed by atoms with Crippen molar-refractivity contribution < 1.29 is 8.63 Å². The van der Waals surface area contributed by atoms with E-state index >= 15 is 0 Å². The molecular formula is C19H22N4O2S. The number of aromatic nitrogens is 2. The quantitative estimate of drug-likeness (QED) is 0.751. The number of pyridine rings is 1. The summed E-state index contributed by atoms with van der Waals surface area (Å²) in [6.07, 6.45) is 4.01. The minimum Gasteiger partial charge on any atom is -0.441 e. The maximum absolute atomic E-state index is 12.5. The van der Waals surface area contributed by atoms with Crippen molar-refractivity contribution in [2.45, 2.75) is 38.5 Å². The first-order valence-electron chi connectivity index (χ1n) is 8.54. The molecule has 2 atom stereocenters. The van der Waals surface area contributed by atoms with Crippen LogP contribution >= 0.6 is 0 Å². The van der Waals surface area contributed by atoms with Crippen molar-refractivity contribution in [2.75, 3.05) is 5.75 Å². The number of amidine groups is 1. The molecule has 0 radical (unpaired) electrons. The van der Waals surface area contributed by atoms with Gasteiger partial charge in [-0.05, 0) is 44.5 Å². The highest BCUT2D eigenvalue weighted by molar-refractivity contribution is 7.87. The van der Waals surface area contributed by atoms with Gasteiger partial charge in [-0.1, -0.05) is 0 Å². The van der Waals surface area contributed by atoms with Crippen molar-refractivity contribution in [1.82, 2.24) is 9.38 Å². The van der Waals surface area contributed by atoms with Crippen molar-refractivity contribution >= 4 is 22.2 Å². The molecule has 2 unspecified atom stereocenters. The number of aliphatic imine (C=N–C) groups is 1. The number of hydrogen-bond donors (Lipinski definition) is 1. The molecule has 7 heteroatoms. The van der Waals surface area contributed by atoms with E-state index in [1.807, 2.05) is 50.6 Å². The topological polar surface area (TPSA) is 85.9 Å². The van der Waals surface area contributed by atoms with Gasteiger partial charge in [0.2, 0.25) is 0 Å². The Kier molecular flexibility index (Phi) is 3.80. The average molecular weight is 370 g/mol. The van der Waals surface area contributed by atoms with Gasteiger partial charge in [0.05, 0.1) is 22.2 Å². The minimum absolute atomic E-state index is 0.179.